The quantitative estimate of drug-likeness (QED) is 0.610. The van der Waals surface area contributed by atoms with Gasteiger partial charge in [-0.05, 0) is 12.1 Å². The molecule has 0 aromatic heterocycles. The first-order valence-corrected chi connectivity index (χ1v) is 3.71. The SMILES string of the molecule is Nc1ccccc1.O=C1C=CN=N1. The number of para-hydroxylation sites is 1. The van der Waals surface area contributed by atoms with E-state index >= 15 is 0 Å². The zero-order valence-electron chi connectivity index (χ0n) is 6.92. The summed E-state index contributed by atoms with van der Waals surface area (Å²) in [5.41, 5.74) is 6.18. The van der Waals surface area contributed by atoms with Crippen molar-refractivity contribution >= 4 is 11.6 Å². The largest absolute Gasteiger partial charge is 0.399 e. The summed E-state index contributed by atoms with van der Waals surface area (Å²) < 4.78 is 0. The van der Waals surface area contributed by atoms with Crippen LogP contribution < -0.4 is 5.73 Å². The molecule has 4 heteroatoms. The van der Waals surface area contributed by atoms with Gasteiger partial charge in [0.25, 0.3) is 5.91 Å². The molecule has 0 spiro atoms. The van der Waals surface area contributed by atoms with Gasteiger partial charge in [0.2, 0.25) is 0 Å². The van der Waals surface area contributed by atoms with Crippen molar-refractivity contribution in [2.75, 3.05) is 5.73 Å². The average Bonchev–Trinajstić information content (AvgIpc) is 2.58. The van der Waals surface area contributed by atoms with Crippen LogP contribution in [0.15, 0.2) is 52.8 Å². The fourth-order valence-electron chi connectivity index (χ4n) is 0.674. The van der Waals surface area contributed by atoms with Crippen LogP contribution in [0.25, 0.3) is 0 Å². The lowest BCUT2D eigenvalue weighted by Gasteiger charge is -1.83. The van der Waals surface area contributed by atoms with Crippen LogP contribution in [0, 0.1) is 0 Å². The van der Waals surface area contributed by atoms with Crippen LogP contribution in [0.4, 0.5) is 5.69 Å². The van der Waals surface area contributed by atoms with Gasteiger partial charge in [0, 0.05) is 11.8 Å². The Labute approximate surface area is 75.8 Å². The van der Waals surface area contributed by atoms with Crippen molar-refractivity contribution in [3.8, 4) is 0 Å². The van der Waals surface area contributed by atoms with Crippen LogP contribution in [0.5, 0.6) is 0 Å². The number of amides is 1. The Morgan fingerprint density at radius 3 is 2.08 bits per heavy atom. The predicted octanol–water partition coefficient (Wildman–Crippen LogP) is 1.76. The fourth-order valence-corrected chi connectivity index (χ4v) is 0.674. The third-order valence-electron chi connectivity index (χ3n) is 1.24. The molecule has 0 saturated heterocycles. The molecule has 0 bridgehead atoms. The minimum Gasteiger partial charge on any atom is -0.399 e. The molecule has 1 aliphatic rings. The molecule has 0 unspecified atom stereocenters. The van der Waals surface area contributed by atoms with Crippen molar-refractivity contribution in [3.63, 3.8) is 0 Å². The number of azo groups is 1. The molecule has 0 saturated carbocycles. The Morgan fingerprint density at radius 2 is 1.85 bits per heavy atom. The zero-order valence-corrected chi connectivity index (χ0v) is 6.92. The summed E-state index contributed by atoms with van der Waals surface area (Å²) >= 11 is 0. The first-order valence-electron chi connectivity index (χ1n) is 3.71. The molecule has 0 atom stereocenters. The van der Waals surface area contributed by atoms with Gasteiger partial charge in [0.05, 0.1) is 6.20 Å². The van der Waals surface area contributed by atoms with Gasteiger partial charge in [-0.1, -0.05) is 18.2 Å². The monoisotopic (exact) mass is 175 g/mol. The van der Waals surface area contributed by atoms with Crippen molar-refractivity contribution in [2.24, 2.45) is 10.2 Å². The third-order valence-corrected chi connectivity index (χ3v) is 1.24. The van der Waals surface area contributed by atoms with E-state index in [2.05, 4.69) is 10.2 Å². The van der Waals surface area contributed by atoms with Crippen molar-refractivity contribution in [1.82, 2.24) is 0 Å². The average molecular weight is 175 g/mol. The molecule has 1 aromatic carbocycles. The molecule has 1 aliphatic heterocycles. The molecule has 4 nitrogen and oxygen atoms in total. The van der Waals surface area contributed by atoms with Crippen molar-refractivity contribution in [3.05, 3.63) is 42.6 Å². The number of carbonyl (C=O) groups excluding carboxylic acids is 1. The van der Waals surface area contributed by atoms with Crippen LogP contribution in [-0.2, 0) is 4.79 Å². The van der Waals surface area contributed by atoms with E-state index in [0.717, 1.165) is 5.69 Å². The molecule has 0 aliphatic carbocycles. The lowest BCUT2D eigenvalue weighted by atomic mass is 10.3. The van der Waals surface area contributed by atoms with Gasteiger partial charge in [-0.25, -0.2) is 0 Å². The summed E-state index contributed by atoms with van der Waals surface area (Å²) in [6.45, 7) is 0. The Bertz CT molecular complexity index is 316. The predicted molar refractivity (Wildman–Crippen MR) is 49.9 cm³/mol. The summed E-state index contributed by atoms with van der Waals surface area (Å²) in [5, 5.41) is 6.37. The molecule has 1 amide bonds. The van der Waals surface area contributed by atoms with Gasteiger partial charge >= 0.3 is 0 Å². The molecular formula is C9H9N3O. The van der Waals surface area contributed by atoms with E-state index in [1.165, 1.54) is 12.3 Å². The number of nitrogen functional groups attached to an aromatic ring is 1. The highest BCUT2D eigenvalue weighted by molar-refractivity contribution is 5.89. The Morgan fingerprint density at radius 1 is 1.15 bits per heavy atom. The second-order valence-corrected chi connectivity index (χ2v) is 2.28. The number of hydrogen-bond donors (Lipinski definition) is 1. The maximum atomic E-state index is 9.90. The summed E-state index contributed by atoms with van der Waals surface area (Å²) in [6, 6.07) is 9.49. The first kappa shape index (κ1) is 9.12. The Kier molecular flexibility index (Phi) is 3.38. The van der Waals surface area contributed by atoms with Crippen LogP contribution >= 0.6 is 0 Å². The lowest BCUT2D eigenvalue weighted by molar-refractivity contribution is -0.113. The van der Waals surface area contributed by atoms with E-state index in [1.807, 2.05) is 30.3 Å². The van der Waals surface area contributed by atoms with E-state index in [4.69, 9.17) is 5.73 Å². The van der Waals surface area contributed by atoms with Crippen LogP contribution in [0.2, 0.25) is 0 Å². The molecular weight excluding hydrogens is 166 g/mol. The number of carbonyl (C=O) groups is 1. The van der Waals surface area contributed by atoms with Gasteiger partial charge in [-0.2, -0.15) is 5.11 Å². The number of benzene rings is 1. The van der Waals surface area contributed by atoms with Gasteiger partial charge in [-0.15, -0.1) is 5.11 Å². The van der Waals surface area contributed by atoms with E-state index in [9.17, 15) is 4.79 Å². The molecule has 1 heterocycles. The lowest BCUT2D eigenvalue weighted by Crippen LogP contribution is -1.79. The number of hydrogen-bond acceptors (Lipinski definition) is 3. The highest BCUT2D eigenvalue weighted by Crippen LogP contribution is 1.95. The Balaban J connectivity index is 0.000000132. The van der Waals surface area contributed by atoms with Crippen LogP contribution in [-0.4, -0.2) is 5.91 Å². The number of nitrogens with zero attached hydrogens (tertiary/aromatic N) is 2. The zero-order chi connectivity index (χ0) is 9.52. The van der Waals surface area contributed by atoms with Gasteiger partial charge < -0.3 is 5.73 Å². The molecule has 13 heavy (non-hydrogen) atoms. The van der Waals surface area contributed by atoms with E-state index in [1.54, 1.807) is 0 Å². The molecule has 0 fully saturated rings. The second kappa shape index (κ2) is 4.82. The molecule has 66 valence electrons. The standard InChI is InChI=1S/C6H7N.C3H2N2O/c7-6-4-2-1-3-5-6;6-3-1-2-4-5-3/h1-5H,7H2;1-2H. The summed E-state index contributed by atoms with van der Waals surface area (Å²) in [7, 11) is 0. The second-order valence-electron chi connectivity index (χ2n) is 2.28. The maximum absolute atomic E-state index is 9.90. The minimum atomic E-state index is -0.269. The number of anilines is 1. The highest BCUT2D eigenvalue weighted by Gasteiger charge is 1.92. The minimum absolute atomic E-state index is 0.269. The number of rotatable bonds is 0. The first-order chi connectivity index (χ1) is 6.29. The highest BCUT2D eigenvalue weighted by atomic mass is 16.1. The molecule has 2 N–H and O–H groups in total. The maximum Gasteiger partial charge on any atom is 0.289 e. The summed E-state index contributed by atoms with van der Waals surface area (Å²) in [6.07, 6.45) is 2.67. The Hall–Kier alpha value is -1.97. The van der Waals surface area contributed by atoms with Crippen molar-refractivity contribution in [2.45, 2.75) is 0 Å². The molecule has 0 radical (unpaired) electrons. The smallest absolute Gasteiger partial charge is 0.289 e. The normalized spacial score (nSPS) is 12.5. The third kappa shape index (κ3) is 3.81. The van der Waals surface area contributed by atoms with E-state index in [0.29, 0.717) is 0 Å². The van der Waals surface area contributed by atoms with E-state index < -0.39 is 0 Å². The summed E-state index contributed by atoms with van der Waals surface area (Å²) in [4.78, 5) is 9.90. The van der Waals surface area contributed by atoms with Crippen molar-refractivity contribution < 1.29 is 4.79 Å². The van der Waals surface area contributed by atoms with Crippen molar-refractivity contribution in [1.29, 1.82) is 0 Å². The van der Waals surface area contributed by atoms with Crippen LogP contribution in [0.3, 0.4) is 0 Å². The summed E-state index contributed by atoms with van der Waals surface area (Å²) in [5.74, 6) is -0.269. The topological polar surface area (TPSA) is 67.8 Å². The van der Waals surface area contributed by atoms with Crippen LogP contribution in [0.1, 0.15) is 0 Å². The fraction of sp³-hybridized carbons (Fsp3) is 0. The van der Waals surface area contributed by atoms with Gasteiger partial charge in [-0.3, -0.25) is 4.79 Å². The van der Waals surface area contributed by atoms with Gasteiger partial charge in [0.1, 0.15) is 0 Å². The van der Waals surface area contributed by atoms with Gasteiger partial charge in [0.15, 0.2) is 0 Å². The van der Waals surface area contributed by atoms with E-state index in [-0.39, 0.29) is 5.91 Å². The molecule has 1 aromatic rings. The molecule has 2 rings (SSSR count). The number of nitrogens with two attached hydrogens (primary N) is 1.